The fraction of sp³-hybridized carbons (Fsp3) is 0.304. The molecule has 1 aromatic rings. The van der Waals surface area contributed by atoms with Gasteiger partial charge in [0.05, 0.1) is 17.8 Å². The number of nitrogens with two attached hydrogens (primary N) is 2. The lowest BCUT2D eigenvalue weighted by molar-refractivity contribution is -0.129. The van der Waals surface area contributed by atoms with Gasteiger partial charge >= 0.3 is 0 Å². The smallest absolute Gasteiger partial charge is 0.247 e. The normalized spacial score (nSPS) is 18.4. The Labute approximate surface area is 189 Å². The van der Waals surface area contributed by atoms with Crippen molar-refractivity contribution in [1.29, 1.82) is 0 Å². The van der Waals surface area contributed by atoms with Crippen LogP contribution in [0.1, 0.15) is 18.4 Å². The first-order valence-corrected chi connectivity index (χ1v) is 10.5. The molecule has 7 nitrogen and oxygen atoms in total. The summed E-state index contributed by atoms with van der Waals surface area (Å²) in [5, 5.41) is 8.34. The predicted molar refractivity (Wildman–Crippen MR) is 118 cm³/mol. The Kier molecular flexibility index (Phi) is 8.07. The van der Waals surface area contributed by atoms with Crippen LogP contribution in [0.15, 0.2) is 60.0 Å². The van der Waals surface area contributed by atoms with Crippen LogP contribution in [0.4, 0.5) is 13.2 Å². The lowest BCUT2D eigenvalue weighted by Crippen LogP contribution is -2.52. The Morgan fingerprint density at radius 1 is 1.12 bits per heavy atom. The van der Waals surface area contributed by atoms with Crippen LogP contribution in [0.25, 0.3) is 0 Å². The van der Waals surface area contributed by atoms with E-state index < -0.39 is 41.3 Å². The summed E-state index contributed by atoms with van der Waals surface area (Å²) in [6.07, 6.45) is 11.5. The molecule has 1 heterocycles. The molecule has 1 aromatic carbocycles. The van der Waals surface area contributed by atoms with E-state index in [1.165, 1.54) is 0 Å². The molecular weight excluding hydrogens is 435 g/mol. The predicted octanol–water partition coefficient (Wildman–Crippen LogP) is 1.18. The summed E-state index contributed by atoms with van der Waals surface area (Å²) in [5.74, 6) is -5.62. The fourth-order valence-electron chi connectivity index (χ4n) is 3.47. The molecule has 0 bridgehead atoms. The molecule has 1 aliphatic carbocycles. The van der Waals surface area contributed by atoms with Gasteiger partial charge in [0.25, 0.3) is 0 Å². The van der Waals surface area contributed by atoms with Gasteiger partial charge in [-0.2, -0.15) is 0 Å². The van der Waals surface area contributed by atoms with Crippen molar-refractivity contribution in [2.75, 3.05) is 6.54 Å². The average Bonchev–Trinajstić information content (AvgIpc) is 2.80. The van der Waals surface area contributed by atoms with Gasteiger partial charge in [-0.3, -0.25) is 9.59 Å². The number of hydrogen-bond acceptors (Lipinski definition) is 5. The van der Waals surface area contributed by atoms with Gasteiger partial charge in [-0.1, -0.05) is 24.3 Å². The van der Waals surface area contributed by atoms with E-state index >= 15 is 0 Å². The van der Waals surface area contributed by atoms with Crippen molar-refractivity contribution in [3.8, 4) is 0 Å². The lowest BCUT2D eigenvalue weighted by atomic mass is 9.98. The Bertz CT molecular complexity index is 1010. The first-order valence-electron chi connectivity index (χ1n) is 10.5. The molecule has 2 aliphatic rings. The first kappa shape index (κ1) is 24.3. The molecule has 0 saturated heterocycles. The molecular formula is C23H26F3N5O2. The number of halogens is 3. The average molecular weight is 461 g/mol. The molecule has 3 atom stereocenters. The van der Waals surface area contributed by atoms with E-state index in [0.29, 0.717) is 25.1 Å². The maximum Gasteiger partial charge on any atom is 0.247 e. The Balaban J connectivity index is 1.77. The molecule has 0 aromatic heterocycles. The summed E-state index contributed by atoms with van der Waals surface area (Å²) in [4.78, 5) is 25.5. The summed E-state index contributed by atoms with van der Waals surface area (Å²) < 4.78 is 40.7. The summed E-state index contributed by atoms with van der Waals surface area (Å²) in [5.41, 5.74) is 12.7. The summed E-state index contributed by atoms with van der Waals surface area (Å²) in [6, 6.07) is -0.580. The third kappa shape index (κ3) is 6.33. The summed E-state index contributed by atoms with van der Waals surface area (Å²) in [6.45, 7) is 0.347. The molecule has 0 saturated carbocycles. The summed E-state index contributed by atoms with van der Waals surface area (Å²) in [7, 11) is 0. The third-order valence-corrected chi connectivity index (χ3v) is 5.24. The van der Waals surface area contributed by atoms with Crippen LogP contribution < -0.4 is 27.4 Å². The van der Waals surface area contributed by atoms with Crippen LogP contribution in [-0.2, 0) is 16.0 Å². The number of allylic oxidation sites excluding steroid dienone is 3. The number of rotatable bonds is 9. The van der Waals surface area contributed by atoms with Crippen LogP contribution in [0.2, 0.25) is 0 Å². The highest BCUT2D eigenvalue weighted by atomic mass is 19.2. The summed E-state index contributed by atoms with van der Waals surface area (Å²) >= 11 is 0. The lowest BCUT2D eigenvalue weighted by Gasteiger charge is -2.25. The van der Waals surface area contributed by atoms with Crippen molar-refractivity contribution in [3.05, 3.63) is 83.0 Å². The number of benzene rings is 1. The van der Waals surface area contributed by atoms with Crippen LogP contribution in [0.5, 0.6) is 0 Å². The van der Waals surface area contributed by atoms with E-state index in [1.54, 1.807) is 12.3 Å². The maximum absolute atomic E-state index is 13.7. The second kappa shape index (κ2) is 11.0. The van der Waals surface area contributed by atoms with Crippen LogP contribution in [-0.4, -0.2) is 36.5 Å². The van der Waals surface area contributed by atoms with Crippen molar-refractivity contribution in [2.24, 2.45) is 11.5 Å². The van der Waals surface area contributed by atoms with Crippen molar-refractivity contribution in [3.63, 3.8) is 0 Å². The number of carbonyl (C=O) groups excluding carboxylic acids is 2. The molecule has 33 heavy (non-hydrogen) atoms. The van der Waals surface area contributed by atoms with Gasteiger partial charge in [0.2, 0.25) is 11.8 Å². The van der Waals surface area contributed by atoms with Gasteiger partial charge in [0, 0.05) is 12.6 Å². The SMILES string of the molecule is NCCC[C@H](N)C(=O)N[C@H](Cc1cc(F)c(F)c(F)c1)C(=O)NC1=CNC2C=CC=CC2=C1. The van der Waals surface area contributed by atoms with Gasteiger partial charge in [-0.15, -0.1) is 0 Å². The zero-order chi connectivity index (χ0) is 24.0. The monoisotopic (exact) mass is 461 g/mol. The number of fused-ring (bicyclic) bond motifs is 1. The van der Waals surface area contributed by atoms with E-state index in [9.17, 15) is 22.8 Å². The highest BCUT2D eigenvalue weighted by Crippen LogP contribution is 2.18. The van der Waals surface area contributed by atoms with Crippen molar-refractivity contribution >= 4 is 11.8 Å². The number of hydrogen-bond donors (Lipinski definition) is 5. The number of amides is 2. The van der Waals surface area contributed by atoms with Gasteiger partial charge < -0.3 is 27.4 Å². The second-order valence-electron chi connectivity index (χ2n) is 7.80. The Morgan fingerprint density at radius 2 is 1.85 bits per heavy atom. The largest absolute Gasteiger partial charge is 0.379 e. The van der Waals surface area contributed by atoms with Gasteiger partial charge in [-0.25, -0.2) is 13.2 Å². The zero-order valence-corrected chi connectivity index (χ0v) is 17.8. The number of nitrogens with one attached hydrogen (secondary N) is 3. The molecule has 1 aliphatic heterocycles. The second-order valence-corrected chi connectivity index (χ2v) is 7.80. The first-order chi connectivity index (χ1) is 15.8. The van der Waals surface area contributed by atoms with Crippen molar-refractivity contribution in [1.82, 2.24) is 16.0 Å². The molecule has 1 unspecified atom stereocenters. The van der Waals surface area contributed by atoms with Crippen LogP contribution in [0, 0.1) is 17.5 Å². The maximum atomic E-state index is 13.7. The Morgan fingerprint density at radius 3 is 2.55 bits per heavy atom. The van der Waals surface area contributed by atoms with E-state index in [-0.39, 0.29) is 18.0 Å². The zero-order valence-electron chi connectivity index (χ0n) is 17.8. The van der Waals surface area contributed by atoms with Crippen LogP contribution in [0.3, 0.4) is 0 Å². The molecule has 0 radical (unpaired) electrons. The molecule has 10 heteroatoms. The molecule has 0 fully saturated rings. The Hall–Kier alpha value is -3.37. The highest BCUT2D eigenvalue weighted by molar-refractivity contribution is 5.90. The third-order valence-electron chi connectivity index (χ3n) is 5.24. The number of dihydropyridines is 1. The molecule has 2 amide bonds. The number of carbonyl (C=O) groups is 2. The minimum absolute atomic E-state index is 0.00287. The minimum Gasteiger partial charge on any atom is -0.379 e. The van der Waals surface area contributed by atoms with E-state index in [0.717, 1.165) is 17.7 Å². The van der Waals surface area contributed by atoms with Gasteiger partial charge in [0.1, 0.15) is 6.04 Å². The molecule has 7 N–H and O–H groups in total. The van der Waals surface area contributed by atoms with E-state index in [1.807, 2.05) is 24.3 Å². The molecule has 3 rings (SSSR count). The van der Waals surface area contributed by atoms with E-state index in [4.69, 9.17) is 11.5 Å². The quantitative estimate of drug-likeness (QED) is 0.354. The fourth-order valence-corrected chi connectivity index (χ4v) is 3.47. The molecule has 176 valence electrons. The van der Waals surface area contributed by atoms with Crippen molar-refractivity contribution < 1.29 is 22.8 Å². The van der Waals surface area contributed by atoms with Gasteiger partial charge in [-0.05, 0) is 48.7 Å². The topological polar surface area (TPSA) is 122 Å². The molecule has 0 spiro atoms. The van der Waals surface area contributed by atoms with Crippen LogP contribution >= 0.6 is 0 Å². The minimum atomic E-state index is -1.61. The highest BCUT2D eigenvalue weighted by Gasteiger charge is 2.26. The van der Waals surface area contributed by atoms with E-state index in [2.05, 4.69) is 16.0 Å². The standard InChI is InChI=1S/C23H26F3N5O2/c24-16-8-13(9-17(25)21(16)26)10-20(31-22(32)18(28)5-3-7-27)23(33)30-15-11-14-4-1-2-6-19(14)29-12-15/h1-2,4,6,8-9,11-12,18-20,29H,3,5,7,10,27-28H2,(H,30,33)(H,31,32)/t18-,19?,20+/m0/s1. The van der Waals surface area contributed by atoms with Gasteiger partial charge in [0.15, 0.2) is 17.5 Å². The van der Waals surface area contributed by atoms with Crippen molar-refractivity contribution in [2.45, 2.75) is 37.4 Å².